The number of aliphatic imine (C=N–C) groups is 1. The fourth-order valence-corrected chi connectivity index (χ4v) is 3.11. The predicted molar refractivity (Wildman–Crippen MR) is 67.6 cm³/mol. The van der Waals surface area contributed by atoms with Crippen molar-refractivity contribution in [2.24, 2.45) is 4.99 Å². The van der Waals surface area contributed by atoms with Crippen molar-refractivity contribution in [1.82, 2.24) is 10.2 Å². The molecule has 0 saturated carbocycles. The molecule has 86 valence electrons. The van der Waals surface area contributed by atoms with E-state index in [2.05, 4.69) is 29.1 Å². The summed E-state index contributed by atoms with van der Waals surface area (Å²) >= 11 is 1.87. The maximum atomic E-state index is 4.48. The summed E-state index contributed by atoms with van der Waals surface area (Å²) < 4.78 is 0. The standard InChI is InChI=1S/C11H21N3S/c1-9(8-14-5-3-4-6-14)13-11-12-7-10(2)15-11/h9-10H,3-8H2,1-2H3,(H,12,13). The van der Waals surface area contributed by atoms with Gasteiger partial charge in [0.25, 0.3) is 0 Å². The Balaban J connectivity index is 1.70. The highest BCUT2D eigenvalue weighted by Gasteiger charge is 2.19. The molecule has 0 spiro atoms. The second-order valence-corrected chi connectivity index (χ2v) is 6.05. The van der Waals surface area contributed by atoms with E-state index in [1.165, 1.54) is 25.9 Å². The van der Waals surface area contributed by atoms with E-state index in [9.17, 15) is 0 Å². The Labute approximate surface area is 96.7 Å². The number of rotatable bonds is 3. The van der Waals surface area contributed by atoms with Crippen LogP contribution < -0.4 is 5.32 Å². The Hall–Kier alpha value is -0.220. The smallest absolute Gasteiger partial charge is 0.157 e. The SMILES string of the molecule is CC(CN1CCCC1)NC1=NCC(C)S1. The minimum atomic E-state index is 0.527. The average Bonchev–Trinajstić information content (AvgIpc) is 2.77. The quantitative estimate of drug-likeness (QED) is 0.793. The van der Waals surface area contributed by atoms with Crippen molar-refractivity contribution >= 4 is 16.9 Å². The fraction of sp³-hybridized carbons (Fsp3) is 0.909. The molecule has 0 aliphatic carbocycles. The number of likely N-dealkylation sites (tertiary alicyclic amines) is 1. The predicted octanol–water partition coefficient (Wildman–Crippen LogP) is 1.55. The van der Waals surface area contributed by atoms with E-state index in [0.29, 0.717) is 11.3 Å². The summed E-state index contributed by atoms with van der Waals surface area (Å²) in [7, 11) is 0. The molecule has 15 heavy (non-hydrogen) atoms. The first-order valence-corrected chi connectivity index (χ1v) is 6.82. The lowest BCUT2D eigenvalue weighted by Crippen LogP contribution is -2.39. The summed E-state index contributed by atoms with van der Waals surface area (Å²) in [6, 6.07) is 0.527. The first-order valence-electron chi connectivity index (χ1n) is 5.94. The Morgan fingerprint density at radius 2 is 2.27 bits per heavy atom. The van der Waals surface area contributed by atoms with Crippen LogP contribution in [0.5, 0.6) is 0 Å². The molecule has 3 nitrogen and oxygen atoms in total. The number of hydrogen-bond donors (Lipinski definition) is 1. The minimum Gasteiger partial charge on any atom is -0.361 e. The van der Waals surface area contributed by atoms with Crippen molar-refractivity contribution in [1.29, 1.82) is 0 Å². The average molecular weight is 227 g/mol. The summed E-state index contributed by atoms with van der Waals surface area (Å²) in [6.45, 7) is 9.18. The summed E-state index contributed by atoms with van der Waals surface area (Å²) in [5.74, 6) is 0. The molecule has 2 unspecified atom stereocenters. The Morgan fingerprint density at radius 3 is 2.87 bits per heavy atom. The zero-order valence-corrected chi connectivity index (χ0v) is 10.5. The molecule has 2 aliphatic heterocycles. The Kier molecular flexibility index (Phi) is 3.92. The molecule has 2 aliphatic rings. The van der Waals surface area contributed by atoms with Crippen LogP contribution in [0.25, 0.3) is 0 Å². The van der Waals surface area contributed by atoms with Gasteiger partial charge in [-0.05, 0) is 32.9 Å². The molecule has 2 heterocycles. The maximum absolute atomic E-state index is 4.48. The third kappa shape index (κ3) is 3.38. The van der Waals surface area contributed by atoms with Gasteiger partial charge in [-0.25, -0.2) is 0 Å². The Morgan fingerprint density at radius 1 is 1.53 bits per heavy atom. The normalized spacial score (nSPS) is 29.2. The molecule has 1 N–H and O–H groups in total. The topological polar surface area (TPSA) is 27.6 Å². The first-order chi connectivity index (χ1) is 7.24. The second kappa shape index (κ2) is 5.21. The van der Waals surface area contributed by atoms with Gasteiger partial charge in [0.15, 0.2) is 5.17 Å². The molecule has 4 heteroatoms. The van der Waals surface area contributed by atoms with Crippen LogP contribution in [0.2, 0.25) is 0 Å². The van der Waals surface area contributed by atoms with Crippen molar-refractivity contribution in [3.05, 3.63) is 0 Å². The van der Waals surface area contributed by atoms with Gasteiger partial charge in [0, 0.05) is 17.8 Å². The zero-order chi connectivity index (χ0) is 10.7. The van der Waals surface area contributed by atoms with Crippen LogP contribution in [0, 0.1) is 0 Å². The van der Waals surface area contributed by atoms with E-state index < -0.39 is 0 Å². The highest BCUT2D eigenvalue weighted by molar-refractivity contribution is 8.14. The molecule has 0 bridgehead atoms. The maximum Gasteiger partial charge on any atom is 0.157 e. The summed E-state index contributed by atoms with van der Waals surface area (Å²) in [5, 5.41) is 5.31. The van der Waals surface area contributed by atoms with Gasteiger partial charge < -0.3 is 10.2 Å². The van der Waals surface area contributed by atoms with Crippen molar-refractivity contribution in [3.63, 3.8) is 0 Å². The fourth-order valence-electron chi connectivity index (χ4n) is 2.17. The molecule has 0 radical (unpaired) electrons. The van der Waals surface area contributed by atoms with Gasteiger partial charge in [-0.15, -0.1) is 0 Å². The van der Waals surface area contributed by atoms with E-state index in [1.54, 1.807) is 0 Å². The number of amidine groups is 1. The van der Waals surface area contributed by atoms with Gasteiger partial charge >= 0.3 is 0 Å². The monoisotopic (exact) mass is 227 g/mol. The van der Waals surface area contributed by atoms with Crippen LogP contribution in [-0.4, -0.2) is 47.5 Å². The van der Waals surface area contributed by atoms with Crippen molar-refractivity contribution < 1.29 is 0 Å². The zero-order valence-electron chi connectivity index (χ0n) is 9.70. The molecule has 0 aromatic carbocycles. The minimum absolute atomic E-state index is 0.527. The number of nitrogens with zero attached hydrogens (tertiary/aromatic N) is 2. The Bertz CT molecular complexity index is 236. The summed E-state index contributed by atoms with van der Waals surface area (Å²) in [4.78, 5) is 7.02. The van der Waals surface area contributed by atoms with Gasteiger partial charge in [0.1, 0.15) is 0 Å². The lowest BCUT2D eigenvalue weighted by atomic mass is 10.3. The first kappa shape index (κ1) is 11.3. The lowest BCUT2D eigenvalue weighted by Gasteiger charge is -2.21. The molecule has 1 fully saturated rings. The number of hydrogen-bond acceptors (Lipinski definition) is 4. The number of nitrogens with one attached hydrogen (secondary N) is 1. The van der Waals surface area contributed by atoms with E-state index in [1.807, 2.05) is 11.8 Å². The van der Waals surface area contributed by atoms with E-state index in [-0.39, 0.29) is 0 Å². The molecule has 0 amide bonds. The largest absolute Gasteiger partial charge is 0.361 e. The van der Waals surface area contributed by atoms with Crippen LogP contribution in [0.1, 0.15) is 26.7 Å². The third-order valence-corrected chi connectivity index (χ3v) is 3.93. The molecule has 2 rings (SSSR count). The second-order valence-electron chi connectivity index (χ2n) is 4.63. The lowest BCUT2D eigenvalue weighted by molar-refractivity contribution is 0.312. The molecule has 1 saturated heterocycles. The van der Waals surface area contributed by atoms with Gasteiger partial charge in [-0.3, -0.25) is 4.99 Å². The summed E-state index contributed by atoms with van der Waals surface area (Å²) in [5.41, 5.74) is 0. The van der Waals surface area contributed by atoms with Gasteiger partial charge in [0.2, 0.25) is 0 Å². The highest BCUT2D eigenvalue weighted by Crippen LogP contribution is 2.19. The molecule has 0 aromatic rings. The molecular formula is C11H21N3S. The van der Waals surface area contributed by atoms with Crippen LogP contribution in [-0.2, 0) is 0 Å². The van der Waals surface area contributed by atoms with E-state index in [0.717, 1.165) is 18.3 Å². The van der Waals surface area contributed by atoms with E-state index in [4.69, 9.17) is 0 Å². The van der Waals surface area contributed by atoms with Crippen molar-refractivity contribution in [2.45, 2.75) is 38.0 Å². The molecular weight excluding hydrogens is 206 g/mol. The summed E-state index contributed by atoms with van der Waals surface area (Å²) in [6.07, 6.45) is 2.75. The highest BCUT2D eigenvalue weighted by atomic mass is 32.2. The van der Waals surface area contributed by atoms with Crippen LogP contribution >= 0.6 is 11.8 Å². The molecule has 2 atom stereocenters. The molecule has 0 aromatic heterocycles. The van der Waals surface area contributed by atoms with Crippen LogP contribution in [0.3, 0.4) is 0 Å². The van der Waals surface area contributed by atoms with E-state index >= 15 is 0 Å². The van der Waals surface area contributed by atoms with Crippen molar-refractivity contribution in [3.8, 4) is 0 Å². The van der Waals surface area contributed by atoms with Crippen molar-refractivity contribution in [2.75, 3.05) is 26.2 Å². The van der Waals surface area contributed by atoms with Gasteiger partial charge in [-0.2, -0.15) is 0 Å². The third-order valence-electron chi connectivity index (χ3n) is 2.91. The van der Waals surface area contributed by atoms with Crippen LogP contribution in [0.15, 0.2) is 4.99 Å². The van der Waals surface area contributed by atoms with Gasteiger partial charge in [-0.1, -0.05) is 18.7 Å². The van der Waals surface area contributed by atoms with Crippen LogP contribution in [0.4, 0.5) is 0 Å². The number of thioether (sulfide) groups is 1. The van der Waals surface area contributed by atoms with Gasteiger partial charge in [0.05, 0.1) is 6.54 Å².